The first kappa shape index (κ1) is 11.2. The predicted molar refractivity (Wildman–Crippen MR) is 57.7 cm³/mol. The molecule has 78 valence electrons. The molecule has 0 saturated carbocycles. The van der Waals surface area contributed by atoms with Crippen LogP contribution in [0.5, 0.6) is 0 Å². The maximum absolute atomic E-state index is 12.9. The summed E-state index contributed by atoms with van der Waals surface area (Å²) in [5, 5.41) is 3.35. The molecule has 0 aliphatic heterocycles. The van der Waals surface area contributed by atoms with Crippen molar-refractivity contribution in [2.45, 2.75) is 39.8 Å². The van der Waals surface area contributed by atoms with Crippen LogP contribution in [0.2, 0.25) is 0 Å². The van der Waals surface area contributed by atoms with E-state index in [4.69, 9.17) is 0 Å². The molecule has 0 aliphatic carbocycles. The third-order valence-corrected chi connectivity index (χ3v) is 2.56. The predicted octanol–water partition coefficient (Wildman–Crippen LogP) is 3.02. The van der Waals surface area contributed by atoms with E-state index in [-0.39, 0.29) is 5.82 Å². The lowest BCUT2D eigenvalue weighted by Crippen LogP contribution is -2.24. The first-order chi connectivity index (χ1) is 6.63. The lowest BCUT2D eigenvalue weighted by Gasteiger charge is -2.12. The largest absolute Gasteiger partial charge is 0.310 e. The Morgan fingerprint density at radius 1 is 1.43 bits per heavy atom. The fourth-order valence-electron chi connectivity index (χ4n) is 1.26. The second-order valence-corrected chi connectivity index (χ2v) is 3.76. The Bertz CT molecular complexity index is 296. The van der Waals surface area contributed by atoms with Crippen molar-refractivity contribution in [3.63, 3.8) is 0 Å². The summed E-state index contributed by atoms with van der Waals surface area (Å²) in [6.45, 7) is 7.02. The van der Waals surface area contributed by atoms with Crippen LogP contribution in [-0.4, -0.2) is 6.04 Å². The quantitative estimate of drug-likeness (QED) is 0.778. The lowest BCUT2D eigenvalue weighted by molar-refractivity contribution is 0.531. The average molecular weight is 195 g/mol. The van der Waals surface area contributed by atoms with Crippen LogP contribution in [-0.2, 0) is 6.54 Å². The summed E-state index contributed by atoms with van der Waals surface area (Å²) >= 11 is 0. The highest BCUT2D eigenvalue weighted by atomic mass is 19.1. The van der Waals surface area contributed by atoms with Crippen LogP contribution >= 0.6 is 0 Å². The van der Waals surface area contributed by atoms with E-state index < -0.39 is 0 Å². The van der Waals surface area contributed by atoms with E-state index in [9.17, 15) is 4.39 Å². The Kier molecular flexibility index (Phi) is 4.08. The van der Waals surface area contributed by atoms with Crippen molar-refractivity contribution in [1.29, 1.82) is 0 Å². The van der Waals surface area contributed by atoms with Crippen molar-refractivity contribution in [3.05, 3.63) is 35.1 Å². The summed E-state index contributed by atoms with van der Waals surface area (Å²) in [6, 6.07) is 5.41. The van der Waals surface area contributed by atoms with Gasteiger partial charge >= 0.3 is 0 Å². The summed E-state index contributed by atoms with van der Waals surface area (Å²) in [4.78, 5) is 0. The van der Waals surface area contributed by atoms with Gasteiger partial charge in [-0.15, -0.1) is 0 Å². The van der Waals surface area contributed by atoms with Crippen LogP contribution in [0.15, 0.2) is 18.2 Å². The van der Waals surface area contributed by atoms with E-state index in [1.54, 1.807) is 6.07 Å². The second kappa shape index (κ2) is 5.11. The SMILES string of the molecule is CCC(C)NCc1cc(F)ccc1C. The molecule has 0 aliphatic rings. The fourth-order valence-corrected chi connectivity index (χ4v) is 1.26. The highest BCUT2D eigenvalue weighted by molar-refractivity contribution is 5.26. The second-order valence-electron chi connectivity index (χ2n) is 3.76. The Balaban J connectivity index is 2.62. The third-order valence-electron chi connectivity index (χ3n) is 2.56. The van der Waals surface area contributed by atoms with Crippen molar-refractivity contribution < 1.29 is 4.39 Å². The number of aryl methyl sites for hydroxylation is 1. The minimum Gasteiger partial charge on any atom is -0.310 e. The Hall–Kier alpha value is -0.890. The number of nitrogens with one attached hydrogen (secondary N) is 1. The van der Waals surface area contributed by atoms with Crippen molar-refractivity contribution in [2.24, 2.45) is 0 Å². The number of benzene rings is 1. The number of hydrogen-bond acceptors (Lipinski definition) is 1. The topological polar surface area (TPSA) is 12.0 Å². The van der Waals surface area contributed by atoms with Crippen molar-refractivity contribution in [2.75, 3.05) is 0 Å². The third kappa shape index (κ3) is 3.11. The van der Waals surface area contributed by atoms with Gasteiger partial charge in [0.25, 0.3) is 0 Å². The average Bonchev–Trinajstić information content (AvgIpc) is 2.19. The van der Waals surface area contributed by atoms with Crippen molar-refractivity contribution in [1.82, 2.24) is 5.32 Å². The van der Waals surface area contributed by atoms with Gasteiger partial charge in [0.1, 0.15) is 5.82 Å². The molecule has 0 heterocycles. The molecule has 2 heteroatoms. The maximum atomic E-state index is 12.9. The first-order valence-corrected chi connectivity index (χ1v) is 5.12. The number of halogens is 1. The number of rotatable bonds is 4. The van der Waals surface area contributed by atoms with Gasteiger partial charge in [-0.2, -0.15) is 0 Å². The van der Waals surface area contributed by atoms with Gasteiger partial charge in [0.15, 0.2) is 0 Å². The summed E-state index contributed by atoms with van der Waals surface area (Å²) in [5.74, 6) is -0.156. The summed E-state index contributed by atoms with van der Waals surface area (Å²) < 4.78 is 12.9. The standard InChI is InChI=1S/C12H18FN/c1-4-10(3)14-8-11-7-12(13)6-5-9(11)2/h5-7,10,14H,4,8H2,1-3H3. The molecule has 1 aromatic rings. The van der Waals surface area contributed by atoms with Gasteiger partial charge in [-0.25, -0.2) is 4.39 Å². The molecule has 0 radical (unpaired) electrons. The van der Waals surface area contributed by atoms with Crippen LogP contribution in [0.1, 0.15) is 31.4 Å². The molecule has 0 aromatic heterocycles. The Labute approximate surface area is 85.3 Å². The molecule has 0 spiro atoms. The van der Waals surface area contributed by atoms with Gasteiger partial charge in [0, 0.05) is 12.6 Å². The molecule has 1 aromatic carbocycles. The summed E-state index contributed by atoms with van der Waals surface area (Å²) in [6.07, 6.45) is 1.09. The molecule has 1 N–H and O–H groups in total. The number of hydrogen-bond donors (Lipinski definition) is 1. The zero-order valence-corrected chi connectivity index (χ0v) is 9.10. The minimum absolute atomic E-state index is 0.156. The van der Waals surface area contributed by atoms with E-state index >= 15 is 0 Å². The van der Waals surface area contributed by atoms with Crippen molar-refractivity contribution in [3.8, 4) is 0 Å². The molecule has 1 atom stereocenters. The van der Waals surface area contributed by atoms with Gasteiger partial charge in [0.05, 0.1) is 0 Å². The lowest BCUT2D eigenvalue weighted by atomic mass is 10.1. The smallest absolute Gasteiger partial charge is 0.123 e. The summed E-state index contributed by atoms with van der Waals surface area (Å²) in [5.41, 5.74) is 2.19. The van der Waals surface area contributed by atoms with Crippen LogP contribution in [0.25, 0.3) is 0 Å². The van der Waals surface area contributed by atoms with E-state index in [0.717, 1.165) is 24.1 Å². The minimum atomic E-state index is -0.156. The molecular weight excluding hydrogens is 177 g/mol. The van der Waals surface area contributed by atoms with Crippen LogP contribution in [0.3, 0.4) is 0 Å². The molecule has 0 fully saturated rings. The molecule has 0 amide bonds. The van der Waals surface area contributed by atoms with E-state index in [1.165, 1.54) is 6.07 Å². The zero-order chi connectivity index (χ0) is 10.6. The van der Waals surface area contributed by atoms with Gasteiger partial charge < -0.3 is 5.32 Å². The molecule has 1 rings (SSSR count). The van der Waals surface area contributed by atoms with Crippen LogP contribution < -0.4 is 5.32 Å². The van der Waals surface area contributed by atoms with Gasteiger partial charge in [-0.1, -0.05) is 13.0 Å². The molecular formula is C12H18FN. The maximum Gasteiger partial charge on any atom is 0.123 e. The molecule has 0 bridgehead atoms. The van der Waals surface area contributed by atoms with E-state index in [2.05, 4.69) is 19.2 Å². The van der Waals surface area contributed by atoms with Crippen LogP contribution in [0, 0.1) is 12.7 Å². The van der Waals surface area contributed by atoms with Gasteiger partial charge in [0.2, 0.25) is 0 Å². The highest BCUT2D eigenvalue weighted by Gasteiger charge is 2.02. The zero-order valence-electron chi connectivity index (χ0n) is 9.10. The highest BCUT2D eigenvalue weighted by Crippen LogP contribution is 2.10. The fraction of sp³-hybridized carbons (Fsp3) is 0.500. The molecule has 0 saturated heterocycles. The van der Waals surface area contributed by atoms with Gasteiger partial charge in [-0.3, -0.25) is 0 Å². The van der Waals surface area contributed by atoms with Crippen LogP contribution in [0.4, 0.5) is 4.39 Å². The Morgan fingerprint density at radius 2 is 2.14 bits per heavy atom. The molecule has 1 nitrogen and oxygen atoms in total. The molecule has 1 unspecified atom stereocenters. The van der Waals surface area contributed by atoms with E-state index in [0.29, 0.717) is 6.04 Å². The first-order valence-electron chi connectivity index (χ1n) is 5.12. The molecule has 14 heavy (non-hydrogen) atoms. The normalized spacial score (nSPS) is 12.9. The van der Waals surface area contributed by atoms with E-state index in [1.807, 2.05) is 13.0 Å². The summed E-state index contributed by atoms with van der Waals surface area (Å²) in [7, 11) is 0. The monoisotopic (exact) mass is 195 g/mol. The Morgan fingerprint density at radius 3 is 2.79 bits per heavy atom. The van der Waals surface area contributed by atoms with Crippen molar-refractivity contribution >= 4 is 0 Å². The van der Waals surface area contributed by atoms with Gasteiger partial charge in [-0.05, 0) is 43.5 Å².